The second kappa shape index (κ2) is 19.3. The van der Waals surface area contributed by atoms with Gasteiger partial charge in [0, 0.05) is 42.2 Å². The molecule has 71 heavy (non-hydrogen) atoms. The monoisotopic (exact) mass is 989 g/mol. The van der Waals surface area contributed by atoms with Crippen LogP contribution in [0, 0.1) is 16.7 Å². The number of methoxy groups -OCH3 is 1. The van der Waals surface area contributed by atoms with E-state index < -0.39 is 113 Å². The van der Waals surface area contributed by atoms with Crippen molar-refractivity contribution in [3.63, 3.8) is 0 Å². The van der Waals surface area contributed by atoms with E-state index in [-0.39, 0.29) is 30.1 Å². The molecular weight excluding hydrogens is 931 g/mol. The van der Waals surface area contributed by atoms with Crippen LogP contribution in [0.15, 0.2) is 126 Å². The molecule has 2 N–H and O–H groups in total. The fraction of sp³-hybridized carbons (Fsp3) is 0.436. The van der Waals surface area contributed by atoms with Crippen LogP contribution in [-0.2, 0) is 42.8 Å². The van der Waals surface area contributed by atoms with Gasteiger partial charge >= 0.3 is 17.9 Å². The summed E-state index contributed by atoms with van der Waals surface area (Å²) in [6.07, 6.45) is -7.83. The van der Waals surface area contributed by atoms with Crippen molar-refractivity contribution in [2.24, 2.45) is 16.7 Å². The third kappa shape index (κ3) is 8.35. The van der Waals surface area contributed by atoms with Crippen LogP contribution in [0.2, 0.25) is 0 Å². The minimum absolute atomic E-state index is 0.0628. The Bertz CT molecular complexity index is 2700. The molecule has 0 aromatic heterocycles. The Morgan fingerprint density at radius 2 is 1.44 bits per heavy atom. The third-order valence-electron chi connectivity index (χ3n) is 15.6. The number of esters is 3. The lowest BCUT2D eigenvalue weighted by Crippen LogP contribution is -2.81. The molecule has 4 fully saturated rings. The Hall–Kier alpha value is -5.88. The molecule has 2 bridgehead atoms. The van der Waals surface area contributed by atoms with E-state index in [2.05, 4.69) is 0 Å². The van der Waals surface area contributed by atoms with Crippen molar-refractivity contribution in [3.05, 3.63) is 149 Å². The summed E-state index contributed by atoms with van der Waals surface area (Å²) < 4.78 is 43.8. The highest BCUT2D eigenvalue weighted by Crippen LogP contribution is 2.64. The molecule has 16 heteroatoms. The van der Waals surface area contributed by atoms with Gasteiger partial charge in [0.05, 0.1) is 48.9 Å². The van der Waals surface area contributed by atoms with Crippen molar-refractivity contribution in [3.8, 4) is 5.75 Å². The summed E-state index contributed by atoms with van der Waals surface area (Å²) in [4.78, 5) is 75.5. The molecule has 4 aromatic carbocycles. The van der Waals surface area contributed by atoms with Crippen molar-refractivity contribution in [1.82, 2.24) is 4.90 Å². The van der Waals surface area contributed by atoms with E-state index in [1.165, 1.54) is 30.7 Å². The number of carbonyl (C=O) groups excluding carboxylic acids is 5. The zero-order valence-corrected chi connectivity index (χ0v) is 41.5. The summed E-state index contributed by atoms with van der Waals surface area (Å²) in [5.74, 6) is -4.42. The molecule has 4 aromatic rings. The first-order valence-electron chi connectivity index (χ1n) is 23.7. The molecule has 2 saturated heterocycles. The van der Waals surface area contributed by atoms with E-state index in [1.54, 1.807) is 137 Å². The molecule has 1 amide bonds. The summed E-state index contributed by atoms with van der Waals surface area (Å²) in [6.45, 7) is 7.45. The normalized spacial score (nSPS) is 32.8. The van der Waals surface area contributed by atoms with Crippen LogP contribution in [0.4, 0.5) is 0 Å². The largest absolute Gasteiger partial charge is 0.497 e. The molecule has 9 rings (SSSR count). The number of hydrogen-bond acceptors (Lipinski definition) is 15. The van der Waals surface area contributed by atoms with Gasteiger partial charge in [0.2, 0.25) is 0 Å². The number of fused-ring (bicyclic) bond motifs is 5. The van der Waals surface area contributed by atoms with Crippen molar-refractivity contribution >= 4 is 41.4 Å². The molecule has 15 nitrogen and oxygen atoms in total. The summed E-state index contributed by atoms with van der Waals surface area (Å²) in [6, 6.07) is 31.6. The van der Waals surface area contributed by atoms with E-state index in [0.717, 1.165) is 0 Å². The number of aliphatic hydroxyl groups is 2. The first kappa shape index (κ1) is 50.1. The highest BCUT2D eigenvalue weighted by atomic mass is 32.2. The van der Waals surface area contributed by atoms with Crippen LogP contribution in [0.3, 0.4) is 0 Å². The van der Waals surface area contributed by atoms with Gasteiger partial charge in [-0.25, -0.2) is 9.59 Å². The van der Waals surface area contributed by atoms with Gasteiger partial charge in [-0.1, -0.05) is 92.7 Å². The number of ether oxygens (including phenoxy) is 7. The molecule has 2 aliphatic heterocycles. The second-order valence-electron chi connectivity index (χ2n) is 19.8. The molecule has 2 heterocycles. The number of rotatable bonds is 12. The van der Waals surface area contributed by atoms with Crippen molar-refractivity contribution in [2.75, 3.05) is 25.9 Å². The lowest BCUT2D eigenvalue weighted by molar-refractivity contribution is -0.345. The highest BCUT2D eigenvalue weighted by molar-refractivity contribution is 7.98. The van der Waals surface area contributed by atoms with Gasteiger partial charge in [-0.15, -0.1) is 11.8 Å². The van der Waals surface area contributed by atoms with Gasteiger partial charge in [-0.2, -0.15) is 0 Å². The van der Waals surface area contributed by atoms with E-state index >= 15 is 9.59 Å². The maximum atomic E-state index is 15.9. The molecule has 0 spiro atoms. The Morgan fingerprint density at radius 1 is 0.817 bits per heavy atom. The predicted octanol–water partition coefficient (Wildman–Crippen LogP) is 6.97. The Labute approximate surface area is 416 Å². The van der Waals surface area contributed by atoms with Gasteiger partial charge in [0.1, 0.15) is 29.2 Å². The first-order valence-corrected chi connectivity index (χ1v) is 25.1. The number of Topliss-reactive ketones (excluding diaryl/α,β-unsaturated/α-hetero) is 1. The lowest BCUT2D eigenvalue weighted by atomic mass is 9.44. The fourth-order valence-corrected chi connectivity index (χ4v) is 12.2. The van der Waals surface area contributed by atoms with Gasteiger partial charge < -0.3 is 43.4 Å². The Morgan fingerprint density at radius 3 is 2.01 bits per heavy atom. The van der Waals surface area contributed by atoms with Gasteiger partial charge in [0.15, 0.2) is 24.2 Å². The Kier molecular flexibility index (Phi) is 13.6. The summed E-state index contributed by atoms with van der Waals surface area (Å²) in [5.41, 5.74) is -5.56. The molecular formula is C55H59NO14S. The van der Waals surface area contributed by atoms with Crippen molar-refractivity contribution < 1.29 is 67.3 Å². The molecule has 374 valence electrons. The average Bonchev–Trinajstić information content (AvgIpc) is 3.77. The minimum atomic E-state index is -2.30. The minimum Gasteiger partial charge on any atom is -0.497 e. The molecule has 3 aliphatic carbocycles. The van der Waals surface area contributed by atoms with Gasteiger partial charge in [0.25, 0.3) is 5.91 Å². The number of benzene rings is 4. The van der Waals surface area contributed by atoms with Crippen LogP contribution in [0.25, 0.3) is 0 Å². The smallest absolute Gasteiger partial charge is 0.338 e. The highest BCUT2D eigenvalue weighted by Gasteiger charge is 2.77. The van der Waals surface area contributed by atoms with Crippen LogP contribution < -0.4 is 4.74 Å². The van der Waals surface area contributed by atoms with E-state index in [9.17, 15) is 24.6 Å². The average molecular weight is 990 g/mol. The van der Waals surface area contributed by atoms with Gasteiger partial charge in [-0.05, 0) is 73.2 Å². The van der Waals surface area contributed by atoms with Crippen molar-refractivity contribution in [1.29, 1.82) is 0 Å². The maximum Gasteiger partial charge on any atom is 0.338 e. The topological polar surface area (TPSA) is 194 Å². The number of ketones is 1. The lowest BCUT2D eigenvalue weighted by Gasteiger charge is -2.67. The first-order chi connectivity index (χ1) is 33.9. The number of amides is 1. The van der Waals surface area contributed by atoms with Crippen LogP contribution in [-0.4, -0.2) is 118 Å². The number of thioether (sulfide) groups is 1. The number of carbonyl (C=O) groups is 5. The predicted molar refractivity (Wildman–Crippen MR) is 259 cm³/mol. The van der Waals surface area contributed by atoms with Crippen LogP contribution in [0.1, 0.15) is 91.6 Å². The zero-order valence-electron chi connectivity index (χ0n) is 40.6. The van der Waals surface area contributed by atoms with Crippen LogP contribution >= 0.6 is 11.8 Å². The number of hydrogen-bond donors (Lipinski definition) is 2. The second-order valence-corrected chi connectivity index (χ2v) is 20.6. The molecule has 5 aliphatic rings. The fourth-order valence-electron chi connectivity index (χ4n) is 11.9. The number of nitrogens with zero attached hydrogens (tertiary/aromatic N) is 1. The molecule has 2 saturated carbocycles. The third-order valence-corrected chi connectivity index (χ3v) is 16.0. The molecule has 0 radical (unpaired) electrons. The Balaban J connectivity index is 1.20. The summed E-state index contributed by atoms with van der Waals surface area (Å²) >= 11 is 1.36. The SMILES string of the molecule is COc1ccc([C@H]2OC(C(=O)OC3CC4(O)C(OC(=O)c5ccccc5)C5[C@]6(O)COC6CC(OCSC)[C@@]5(C)C(=O)C(OC(C)=O)C(=C3C)C4(C)C)[C@H](c3ccccc3)N2C(=O)c2ccccc2)cc1. The maximum absolute atomic E-state index is 15.9. The quantitative estimate of drug-likeness (QED) is 0.0640. The summed E-state index contributed by atoms with van der Waals surface area (Å²) in [7, 11) is 1.54. The standard InChI is InChI=1S/C55H59NO14S/c1-31-38(68-51(61)44-42(33-17-11-8-12-18-33)56(48(59)34-19-13-9-14-20-34)49(69-44)35-23-25-37(64-6)26-24-35)28-55(63)47(70-50(60)36-21-15-10-16-22-36)45-53(5,39(66-30-71-7)27-40-54(45,62)29-65-40)46(58)43(67-32(2)57)41(31)52(55,3)4/h8-26,38-40,42-45,47,49,62-63H,27-30H2,1-7H3/t38?,39?,40?,42-,43?,44?,45?,47?,49+,53+,54-,55?/m0/s1. The van der Waals surface area contributed by atoms with Gasteiger partial charge in [-0.3, -0.25) is 19.3 Å². The zero-order chi connectivity index (χ0) is 50.6. The van der Waals surface area contributed by atoms with Crippen molar-refractivity contribution in [2.45, 2.75) is 108 Å². The van der Waals surface area contributed by atoms with E-state index in [0.29, 0.717) is 28.0 Å². The van der Waals surface area contributed by atoms with E-state index in [1.807, 2.05) is 12.3 Å². The van der Waals surface area contributed by atoms with Crippen LogP contribution in [0.5, 0.6) is 5.75 Å². The molecule has 8 unspecified atom stereocenters. The van der Waals surface area contributed by atoms with E-state index in [4.69, 9.17) is 33.2 Å². The molecule has 12 atom stereocenters. The summed E-state index contributed by atoms with van der Waals surface area (Å²) in [5, 5.41) is 26.9.